The number of carbonyl (C=O) groups is 1. The van der Waals surface area contributed by atoms with E-state index in [9.17, 15) is 9.59 Å². The van der Waals surface area contributed by atoms with Crippen LogP contribution < -0.4 is 5.56 Å². The summed E-state index contributed by atoms with van der Waals surface area (Å²) in [6.07, 6.45) is 0. The molecule has 28 heavy (non-hydrogen) atoms. The van der Waals surface area contributed by atoms with Crippen LogP contribution >= 0.6 is 11.8 Å². The third kappa shape index (κ3) is 4.10. The van der Waals surface area contributed by atoms with Gasteiger partial charge in [-0.2, -0.15) is 0 Å². The van der Waals surface area contributed by atoms with Gasteiger partial charge in [0.2, 0.25) is 5.91 Å². The van der Waals surface area contributed by atoms with Gasteiger partial charge < -0.3 is 9.64 Å². The SMILES string of the molecule is O=C(CSc1nc2ccccc2c(=O)n1Cc1ccccc1)N1CCOCC1. The van der Waals surface area contributed by atoms with E-state index in [1.54, 1.807) is 15.5 Å². The molecule has 3 aromatic rings. The number of amides is 1. The van der Waals surface area contributed by atoms with E-state index < -0.39 is 0 Å². The lowest BCUT2D eigenvalue weighted by atomic mass is 10.2. The lowest BCUT2D eigenvalue weighted by molar-refractivity contribution is -0.132. The zero-order chi connectivity index (χ0) is 19.3. The van der Waals surface area contributed by atoms with Crippen LogP contribution in [0.4, 0.5) is 0 Å². The van der Waals surface area contributed by atoms with Crippen LogP contribution in [-0.2, 0) is 16.1 Å². The summed E-state index contributed by atoms with van der Waals surface area (Å²) in [5.74, 6) is 0.293. The van der Waals surface area contributed by atoms with Crippen LogP contribution in [0, 0.1) is 0 Å². The first-order chi connectivity index (χ1) is 13.7. The zero-order valence-corrected chi connectivity index (χ0v) is 16.2. The molecule has 2 heterocycles. The van der Waals surface area contributed by atoms with Crippen molar-refractivity contribution in [3.8, 4) is 0 Å². The van der Waals surface area contributed by atoms with Crippen LogP contribution in [-0.4, -0.2) is 52.4 Å². The second-order valence-electron chi connectivity index (χ2n) is 6.57. The molecule has 1 amide bonds. The highest BCUT2D eigenvalue weighted by atomic mass is 32.2. The van der Waals surface area contributed by atoms with Gasteiger partial charge in [-0.05, 0) is 17.7 Å². The van der Waals surface area contributed by atoms with E-state index in [1.165, 1.54) is 11.8 Å². The summed E-state index contributed by atoms with van der Waals surface area (Å²) in [6.45, 7) is 2.79. The van der Waals surface area contributed by atoms with Crippen molar-refractivity contribution in [1.82, 2.24) is 14.5 Å². The lowest BCUT2D eigenvalue weighted by Gasteiger charge is -2.26. The van der Waals surface area contributed by atoms with Crippen molar-refractivity contribution >= 4 is 28.6 Å². The van der Waals surface area contributed by atoms with E-state index >= 15 is 0 Å². The Morgan fingerprint density at radius 2 is 1.75 bits per heavy atom. The van der Waals surface area contributed by atoms with Crippen molar-refractivity contribution in [3.63, 3.8) is 0 Å². The predicted molar refractivity (Wildman–Crippen MR) is 110 cm³/mol. The Morgan fingerprint density at radius 3 is 2.54 bits per heavy atom. The average molecular weight is 395 g/mol. The minimum absolute atomic E-state index is 0.0435. The van der Waals surface area contributed by atoms with Crippen LogP contribution in [0.25, 0.3) is 10.9 Å². The van der Waals surface area contributed by atoms with Crippen LogP contribution in [0.3, 0.4) is 0 Å². The summed E-state index contributed by atoms with van der Waals surface area (Å²) < 4.78 is 6.97. The number of thioether (sulfide) groups is 1. The smallest absolute Gasteiger partial charge is 0.262 e. The minimum atomic E-state index is -0.0872. The molecule has 1 aliphatic rings. The van der Waals surface area contributed by atoms with Gasteiger partial charge in [0, 0.05) is 13.1 Å². The van der Waals surface area contributed by atoms with Crippen molar-refractivity contribution in [2.24, 2.45) is 0 Å². The van der Waals surface area contributed by atoms with Gasteiger partial charge in [0.15, 0.2) is 5.16 Å². The molecular weight excluding hydrogens is 374 g/mol. The molecule has 1 saturated heterocycles. The van der Waals surface area contributed by atoms with E-state index in [1.807, 2.05) is 48.5 Å². The Labute approximate surface area is 167 Å². The highest BCUT2D eigenvalue weighted by Gasteiger charge is 2.19. The van der Waals surface area contributed by atoms with Gasteiger partial charge >= 0.3 is 0 Å². The van der Waals surface area contributed by atoms with E-state index in [-0.39, 0.29) is 17.2 Å². The fourth-order valence-corrected chi connectivity index (χ4v) is 4.09. The van der Waals surface area contributed by atoms with E-state index in [0.717, 1.165) is 5.56 Å². The monoisotopic (exact) mass is 395 g/mol. The molecule has 7 heteroatoms. The third-order valence-electron chi connectivity index (χ3n) is 4.70. The van der Waals surface area contributed by atoms with E-state index in [0.29, 0.717) is 48.9 Å². The number of aromatic nitrogens is 2. The molecule has 0 bridgehead atoms. The first kappa shape index (κ1) is 18.7. The largest absolute Gasteiger partial charge is 0.378 e. The Morgan fingerprint density at radius 1 is 1.04 bits per heavy atom. The molecule has 0 radical (unpaired) electrons. The van der Waals surface area contributed by atoms with E-state index in [4.69, 9.17) is 4.74 Å². The molecule has 0 atom stereocenters. The number of fused-ring (bicyclic) bond motifs is 1. The minimum Gasteiger partial charge on any atom is -0.378 e. The molecule has 1 fully saturated rings. The molecule has 144 valence electrons. The van der Waals surface area contributed by atoms with Crippen molar-refractivity contribution in [2.75, 3.05) is 32.1 Å². The Hall–Kier alpha value is -2.64. The highest BCUT2D eigenvalue weighted by Crippen LogP contribution is 2.19. The summed E-state index contributed by atoms with van der Waals surface area (Å²) in [5.41, 5.74) is 1.58. The number of morpholine rings is 1. The van der Waals surface area contributed by atoms with Crippen molar-refractivity contribution in [1.29, 1.82) is 0 Å². The maximum Gasteiger partial charge on any atom is 0.262 e. The van der Waals surface area contributed by atoms with Gasteiger partial charge in [-0.15, -0.1) is 0 Å². The summed E-state index contributed by atoms with van der Waals surface area (Å²) in [4.78, 5) is 32.1. The number of benzene rings is 2. The molecule has 1 aromatic heterocycles. The summed E-state index contributed by atoms with van der Waals surface area (Å²) >= 11 is 1.32. The van der Waals surface area contributed by atoms with Gasteiger partial charge in [0.25, 0.3) is 5.56 Å². The fourth-order valence-electron chi connectivity index (χ4n) is 3.19. The quantitative estimate of drug-likeness (QED) is 0.490. The van der Waals surface area contributed by atoms with Gasteiger partial charge in [0.05, 0.1) is 36.4 Å². The normalized spacial score (nSPS) is 14.4. The topological polar surface area (TPSA) is 64.4 Å². The number of hydrogen-bond acceptors (Lipinski definition) is 5. The lowest BCUT2D eigenvalue weighted by Crippen LogP contribution is -2.41. The number of ether oxygens (including phenoxy) is 1. The molecule has 0 N–H and O–H groups in total. The summed E-state index contributed by atoms with van der Waals surface area (Å²) in [6, 6.07) is 17.1. The second-order valence-corrected chi connectivity index (χ2v) is 7.51. The van der Waals surface area contributed by atoms with Gasteiger partial charge in [-0.25, -0.2) is 4.98 Å². The molecular formula is C21H21N3O3S. The number of rotatable bonds is 5. The fraction of sp³-hybridized carbons (Fsp3) is 0.286. The van der Waals surface area contributed by atoms with Gasteiger partial charge in [-0.3, -0.25) is 14.2 Å². The van der Waals surface area contributed by atoms with Crippen molar-refractivity contribution in [2.45, 2.75) is 11.7 Å². The second kappa shape index (κ2) is 8.58. The van der Waals surface area contributed by atoms with Crippen LogP contribution in [0.1, 0.15) is 5.56 Å². The molecule has 0 saturated carbocycles. The van der Waals surface area contributed by atoms with Gasteiger partial charge in [-0.1, -0.05) is 54.2 Å². The first-order valence-electron chi connectivity index (χ1n) is 9.24. The van der Waals surface area contributed by atoms with Crippen molar-refractivity contribution in [3.05, 3.63) is 70.5 Å². The predicted octanol–water partition coefficient (Wildman–Crippen LogP) is 2.40. The summed E-state index contributed by atoms with van der Waals surface area (Å²) in [5, 5.41) is 1.15. The van der Waals surface area contributed by atoms with Crippen LogP contribution in [0.5, 0.6) is 0 Å². The number of para-hydroxylation sites is 1. The van der Waals surface area contributed by atoms with Crippen molar-refractivity contribution < 1.29 is 9.53 Å². The molecule has 6 nitrogen and oxygen atoms in total. The summed E-state index contributed by atoms with van der Waals surface area (Å²) in [7, 11) is 0. The maximum atomic E-state index is 13.1. The van der Waals surface area contributed by atoms with Crippen LogP contribution in [0.15, 0.2) is 64.5 Å². The number of hydrogen-bond donors (Lipinski definition) is 0. The number of nitrogens with zero attached hydrogens (tertiary/aromatic N) is 3. The Kier molecular flexibility index (Phi) is 5.73. The molecule has 0 aliphatic carbocycles. The third-order valence-corrected chi connectivity index (χ3v) is 5.66. The van der Waals surface area contributed by atoms with Crippen LogP contribution in [0.2, 0.25) is 0 Å². The molecule has 2 aromatic carbocycles. The Balaban J connectivity index is 1.64. The standard InChI is InChI=1S/C21H21N3O3S/c25-19(23-10-12-27-13-11-23)15-28-21-22-18-9-5-4-8-17(18)20(26)24(21)14-16-6-2-1-3-7-16/h1-9H,10-15H2. The van der Waals surface area contributed by atoms with E-state index in [2.05, 4.69) is 4.98 Å². The average Bonchev–Trinajstić information content (AvgIpc) is 2.75. The zero-order valence-electron chi connectivity index (χ0n) is 15.4. The molecule has 0 unspecified atom stereocenters. The maximum absolute atomic E-state index is 13.1. The molecule has 4 rings (SSSR count). The highest BCUT2D eigenvalue weighted by molar-refractivity contribution is 7.99. The first-order valence-corrected chi connectivity index (χ1v) is 10.2. The molecule has 1 aliphatic heterocycles. The number of carbonyl (C=O) groups excluding carboxylic acids is 1. The molecule has 0 spiro atoms. The Bertz CT molecular complexity index is 1030. The van der Waals surface area contributed by atoms with Gasteiger partial charge in [0.1, 0.15) is 0 Å².